The Labute approximate surface area is 180 Å². The molecule has 2 aromatic rings. The summed E-state index contributed by atoms with van der Waals surface area (Å²) in [5, 5.41) is 14.1. The van der Waals surface area contributed by atoms with Crippen molar-refractivity contribution >= 4 is 11.9 Å². The lowest BCUT2D eigenvalue weighted by Crippen LogP contribution is -2.38. The smallest absolute Gasteiger partial charge is 0.251 e. The van der Waals surface area contributed by atoms with Crippen LogP contribution >= 0.6 is 0 Å². The number of aliphatic imine (C=N–C) groups is 1. The number of aryl methyl sites for hydroxylation is 3. The van der Waals surface area contributed by atoms with Gasteiger partial charge in [-0.2, -0.15) is 5.10 Å². The summed E-state index contributed by atoms with van der Waals surface area (Å²) < 4.78 is 2.04. The van der Waals surface area contributed by atoms with E-state index in [2.05, 4.69) is 52.9 Å². The minimum atomic E-state index is -0.0175. The third-order valence-corrected chi connectivity index (χ3v) is 4.74. The molecule has 0 saturated carbocycles. The van der Waals surface area contributed by atoms with E-state index in [9.17, 15) is 4.79 Å². The number of hydrogen-bond donors (Lipinski definition) is 3. The zero-order valence-corrected chi connectivity index (χ0v) is 18.8. The van der Waals surface area contributed by atoms with Gasteiger partial charge in [-0.05, 0) is 57.4 Å². The minimum absolute atomic E-state index is 0.0175. The molecule has 0 spiro atoms. The molecule has 7 nitrogen and oxygen atoms in total. The number of unbranched alkanes of at least 4 members (excludes halogenated alkanes) is 1. The first-order valence-electron chi connectivity index (χ1n) is 10.9. The summed E-state index contributed by atoms with van der Waals surface area (Å²) in [5.74, 6) is 0.781. The summed E-state index contributed by atoms with van der Waals surface area (Å²) >= 11 is 0. The lowest BCUT2D eigenvalue weighted by Gasteiger charge is -2.12. The Bertz CT molecular complexity index is 810. The van der Waals surface area contributed by atoms with E-state index in [4.69, 9.17) is 0 Å². The SMILES string of the molecule is CCCCNC(=O)c1ccc(CN=C(NCC)NCCCn2nc(C)cc2C)cc1. The van der Waals surface area contributed by atoms with Crippen molar-refractivity contribution in [1.29, 1.82) is 0 Å². The predicted molar refractivity (Wildman–Crippen MR) is 123 cm³/mol. The standard InChI is InChI=1S/C23H36N6O/c1-5-7-13-25-22(30)21-11-9-20(10-12-21)17-27-23(24-6-2)26-14-8-15-29-19(4)16-18(3)28-29/h9-12,16H,5-8,13-15,17H2,1-4H3,(H,25,30)(H2,24,26,27). The number of carbonyl (C=O) groups is 1. The van der Waals surface area contributed by atoms with Crippen molar-refractivity contribution < 1.29 is 4.79 Å². The summed E-state index contributed by atoms with van der Waals surface area (Å²) in [6, 6.07) is 9.75. The van der Waals surface area contributed by atoms with Gasteiger partial charge < -0.3 is 16.0 Å². The van der Waals surface area contributed by atoms with Gasteiger partial charge in [-0.25, -0.2) is 4.99 Å². The van der Waals surface area contributed by atoms with Gasteiger partial charge in [0.2, 0.25) is 0 Å². The molecule has 0 aliphatic heterocycles. The highest BCUT2D eigenvalue weighted by molar-refractivity contribution is 5.94. The van der Waals surface area contributed by atoms with E-state index in [1.54, 1.807) is 0 Å². The molecule has 3 N–H and O–H groups in total. The third kappa shape index (κ3) is 7.89. The average Bonchev–Trinajstić information content (AvgIpc) is 3.06. The highest BCUT2D eigenvalue weighted by atomic mass is 16.1. The van der Waals surface area contributed by atoms with Crippen LogP contribution < -0.4 is 16.0 Å². The third-order valence-electron chi connectivity index (χ3n) is 4.74. The van der Waals surface area contributed by atoms with Gasteiger partial charge in [0.15, 0.2) is 5.96 Å². The maximum absolute atomic E-state index is 12.1. The number of rotatable bonds is 11. The Morgan fingerprint density at radius 3 is 2.40 bits per heavy atom. The fourth-order valence-electron chi connectivity index (χ4n) is 3.09. The molecule has 0 radical (unpaired) electrons. The van der Waals surface area contributed by atoms with E-state index in [1.165, 1.54) is 5.69 Å². The molecule has 0 unspecified atom stereocenters. The number of nitrogens with zero attached hydrogens (tertiary/aromatic N) is 3. The number of aromatic nitrogens is 2. The topological polar surface area (TPSA) is 83.3 Å². The summed E-state index contributed by atoms with van der Waals surface area (Å²) in [6.45, 7) is 12.1. The number of amides is 1. The lowest BCUT2D eigenvalue weighted by atomic mass is 10.1. The molecule has 0 atom stereocenters. The maximum atomic E-state index is 12.1. The Balaban J connectivity index is 1.81. The van der Waals surface area contributed by atoms with Crippen LogP contribution in [0.3, 0.4) is 0 Å². The zero-order valence-electron chi connectivity index (χ0n) is 18.8. The van der Waals surface area contributed by atoms with Gasteiger partial charge in [0, 0.05) is 37.4 Å². The first-order chi connectivity index (χ1) is 14.5. The van der Waals surface area contributed by atoms with Crippen LogP contribution in [0.15, 0.2) is 35.3 Å². The van der Waals surface area contributed by atoms with E-state index in [1.807, 2.05) is 35.9 Å². The minimum Gasteiger partial charge on any atom is -0.357 e. The molecule has 2 rings (SSSR count). The molecule has 164 valence electrons. The second-order valence-electron chi connectivity index (χ2n) is 7.43. The Hall–Kier alpha value is -2.83. The van der Waals surface area contributed by atoms with Crippen LogP contribution in [0.5, 0.6) is 0 Å². The first kappa shape index (κ1) is 23.4. The Morgan fingerprint density at radius 2 is 1.77 bits per heavy atom. The largest absolute Gasteiger partial charge is 0.357 e. The van der Waals surface area contributed by atoms with Crippen LogP contribution in [-0.4, -0.2) is 41.3 Å². The van der Waals surface area contributed by atoms with E-state index >= 15 is 0 Å². The van der Waals surface area contributed by atoms with Crippen molar-refractivity contribution in [3.8, 4) is 0 Å². The Kier molecular flexibility index (Phi) is 9.91. The molecule has 0 aliphatic carbocycles. The monoisotopic (exact) mass is 412 g/mol. The number of hydrogen-bond acceptors (Lipinski definition) is 3. The predicted octanol–water partition coefficient (Wildman–Crippen LogP) is 3.18. The summed E-state index contributed by atoms with van der Waals surface area (Å²) in [5.41, 5.74) is 4.00. The molecule has 30 heavy (non-hydrogen) atoms. The van der Waals surface area contributed by atoms with Crippen LogP contribution in [-0.2, 0) is 13.1 Å². The number of carbonyl (C=O) groups excluding carboxylic acids is 1. The molecule has 1 aromatic carbocycles. The highest BCUT2D eigenvalue weighted by Gasteiger charge is 2.05. The molecule has 7 heteroatoms. The highest BCUT2D eigenvalue weighted by Crippen LogP contribution is 2.06. The van der Waals surface area contributed by atoms with Crippen LogP contribution in [0.1, 0.15) is 60.4 Å². The summed E-state index contributed by atoms with van der Waals surface area (Å²) in [6.07, 6.45) is 3.04. The van der Waals surface area contributed by atoms with Crippen molar-refractivity contribution in [1.82, 2.24) is 25.7 Å². The van der Waals surface area contributed by atoms with E-state index in [-0.39, 0.29) is 5.91 Å². The van der Waals surface area contributed by atoms with Gasteiger partial charge in [-0.1, -0.05) is 25.5 Å². The quantitative estimate of drug-likeness (QED) is 0.301. The molecule has 0 bridgehead atoms. The van der Waals surface area contributed by atoms with Gasteiger partial charge in [0.1, 0.15) is 0 Å². The normalized spacial score (nSPS) is 11.4. The van der Waals surface area contributed by atoms with Crippen LogP contribution in [0.2, 0.25) is 0 Å². The molecule has 0 aliphatic rings. The van der Waals surface area contributed by atoms with Gasteiger partial charge in [0.25, 0.3) is 5.91 Å². The molecule has 1 amide bonds. The number of guanidine groups is 1. The van der Waals surface area contributed by atoms with Gasteiger partial charge >= 0.3 is 0 Å². The molecule has 1 heterocycles. The molecule has 0 fully saturated rings. The second kappa shape index (κ2) is 12.7. The van der Waals surface area contributed by atoms with Crippen LogP contribution in [0.25, 0.3) is 0 Å². The van der Waals surface area contributed by atoms with Crippen molar-refractivity contribution in [2.24, 2.45) is 4.99 Å². The van der Waals surface area contributed by atoms with Gasteiger partial charge in [-0.3, -0.25) is 9.48 Å². The van der Waals surface area contributed by atoms with E-state index in [0.29, 0.717) is 12.1 Å². The number of nitrogens with one attached hydrogen (secondary N) is 3. The molecular formula is C23H36N6O. The average molecular weight is 413 g/mol. The van der Waals surface area contributed by atoms with Crippen molar-refractivity contribution in [3.63, 3.8) is 0 Å². The summed E-state index contributed by atoms with van der Waals surface area (Å²) in [7, 11) is 0. The summed E-state index contributed by atoms with van der Waals surface area (Å²) in [4.78, 5) is 16.7. The zero-order chi connectivity index (χ0) is 21.8. The molecule has 1 aromatic heterocycles. The second-order valence-corrected chi connectivity index (χ2v) is 7.43. The fraction of sp³-hybridized carbons (Fsp3) is 0.522. The fourth-order valence-corrected chi connectivity index (χ4v) is 3.09. The first-order valence-corrected chi connectivity index (χ1v) is 10.9. The molecule has 0 saturated heterocycles. The van der Waals surface area contributed by atoms with Gasteiger partial charge in [0.05, 0.1) is 12.2 Å². The van der Waals surface area contributed by atoms with E-state index < -0.39 is 0 Å². The Morgan fingerprint density at radius 1 is 1.03 bits per heavy atom. The van der Waals surface area contributed by atoms with Crippen LogP contribution in [0, 0.1) is 13.8 Å². The van der Waals surface area contributed by atoms with Crippen LogP contribution in [0.4, 0.5) is 0 Å². The molecular weight excluding hydrogens is 376 g/mol. The van der Waals surface area contributed by atoms with Crippen molar-refractivity contribution in [2.75, 3.05) is 19.6 Å². The van der Waals surface area contributed by atoms with Gasteiger partial charge in [-0.15, -0.1) is 0 Å². The lowest BCUT2D eigenvalue weighted by molar-refractivity contribution is 0.0953. The van der Waals surface area contributed by atoms with E-state index in [0.717, 1.165) is 62.7 Å². The maximum Gasteiger partial charge on any atom is 0.251 e. The number of benzene rings is 1. The van der Waals surface area contributed by atoms with Crippen molar-refractivity contribution in [2.45, 2.75) is 60.0 Å². The van der Waals surface area contributed by atoms with Crippen molar-refractivity contribution in [3.05, 3.63) is 52.8 Å².